The summed E-state index contributed by atoms with van der Waals surface area (Å²) in [6.45, 7) is 0.312. The highest BCUT2D eigenvalue weighted by atomic mass is 19.1. The van der Waals surface area contributed by atoms with E-state index < -0.39 is 0 Å². The lowest BCUT2D eigenvalue weighted by atomic mass is 10.3. The molecule has 0 atom stereocenters. The first-order valence-electron chi connectivity index (χ1n) is 3.44. The van der Waals surface area contributed by atoms with Crippen LogP contribution in [-0.4, -0.2) is 11.5 Å². The van der Waals surface area contributed by atoms with Crippen molar-refractivity contribution in [3.05, 3.63) is 40.3 Å². The van der Waals surface area contributed by atoms with Crippen LogP contribution in [-0.2, 0) is 6.42 Å². The Kier molecular flexibility index (Phi) is 3.04. The van der Waals surface area contributed by atoms with Gasteiger partial charge in [0.25, 0.3) is 0 Å². The van der Waals surface area contributed by atoms with Gasteiger partial charge in [0, 0.05) is 23.3 Å². The molecule has 0 spiro atoms. The summed E-state index contributed by atoms with van der Waals surface area (Å²) in [7, 11) is 0. The smallest absolute Gasteiger partial charge is 0.126 e. The topological polar surface area (TPSA) is 61.7 Å². The van der Waals surface area contributed by atoms with Gasteiger partial charge >= 0.3 is 0 Å². The Morgan fingerprint density at radius 2 is 2.50 bits per heavy atom. The van der Waals surface area contributed by atoms with Gasteiger partial charge in [-0.15, -0.1) is 0 Å². The highest BCUT2D eigenvalue weighted by Gasteiger charge is 1.94. The molecule has 0 radical (unpaired) electrons. The maximum absolute atomic E-state index is 12.5. The molecule has 62 valence electrons. The molecular formula is C7H7FN4. The molecule has 1 aromatic heterocycles. The maximum atomic E-state index is 12.5. The Balaban J connectivity index is 2.57. The van der Waals surface area contributed by atoms with Crippen LogP contribution in [0.4, 0.5) is 4.39 Å². The van der Waals surface area contributed by atoms with E-state index in [1.165, 1.54) is 18.3 Å². The molecule has 0 aliphatic heterocycles. The van der Waals surface area contributed by atoms with Crippen molar-refractivity contribution < 1.29 is 4.39 Å². The summed E-state index contributed by atoms with van der Waals surface area (Å²) < 4.78 is 12.5. The SMILES string of the molecule is [N-]=[N+]=NCCc1cc(F)ccn1. The number of rotatable bonds is 3. The van der Waals surface area contributed by atoms with Gasteiger partial charge in [0.2, 0.25) is 0 Å². The summed E-state index contributed by atoms with van der Waals surface area (Å²) in [5.41, 5.74) is 8.56. The first kappa shape index (κ1) is 8.49. The number of azide groups is 1. The lowest BCUT2D eigenvalue weighted by Crippen LogP contribution is -1.92. The molecule has 0 bridgehead atoms. The average Bonchev–Trinajstić information content (AvgIpc) is 2.05. The van der Waals surface area contributed by atoms with E-state index >= 15 is 0 Å². The predicted octanol–water partition coefficient (Wildman–Crippen LogP) is 2.07. The van der Waals surface area contributed by atoms with Crippen molar-refractivity contribution in [2.45, 2.75) is 6.42 Å². The second-order valence-electron chi connectivity index (χ2n) is 2.17. The van der Waals surface area contributed by atoms with Gasteiger partial charge in [0.15, 0.2) is 0 Å². The average molecular weight is 166 g/mol. The van der Waals surface area contributed by atoms with Crippen LogP contribution in [0.15, 0.2) is 23.4 Å². The van der Waals surface area contributed by atoms with E-state index in [4.69, 9.17) is 5.53 Å². The Morgan fingerprint density at radius 1 is 1.67 bits per heavy atom. The van der Waals surface area contributed by atoms with Crippen LogP contribution in [0.5, 0.6) is 0 Å². The van der Waals surface area contributed by atoms with Crippen molar-refractivity contribution in [3.8, 4) is 0 Å². The largest absolute Gasteiger partial charge is 0.261 e. The van der Waals surface area contributed by atoms with Crippen LogP contribution >= 0.6 is 0 Å². The molecule has 5 heteroatoms. The van der Waals surface area contributed by atoms with Crippen LogP contribution < -0.4 is 0 Å². The fraction of sp³-hybridized carbons (Fsp3) is 0.286. The van der Waals surface area contributed by atoms with E-state index in [2.05, 4.69) is 15.0 Å². The summed E-state index contributed by atoms with van der Waals surface area (Å²) in [4.78, 5) is 6.46. The van der Waals surface area contributed by atoms with Crippen LogP contribution in [0.1, 0.15) is 5.69 Å². The number of nitrogens with zero attached hydrogens (tertiary/aromatic N) is 4. The molecule has 0 aliphatic carbocycles. The standard InChI is InChI=1S/C7H7FN4/c8-6-1-3-10-7(5-6)2-4-11-12-9/h1,3,5H,2,4H2. The monoisotopic (exact) mass is 166 g/mol. The molecule has 0 fully saturated rings. The number of pyridine rings is 1. The number of hydrogen-bond donors (Lipinski definition) is 0. The normalized spacial score (nSPS) is 9.08. The number of hydrogen-bond acceptors (Lipinski definition) is 2. The summed E-state index contributed by atoms with van der Waals surface area (Å²) in [6, 6.07) is 2.60. The van der Waals surface area contributed by atoms with Crippen molar-refractivity contribution >= 4 is 0 Å². The van der Waals surface area contributed by atoms with Gasteiger partial charge < -0.3 is 0 Å². The Bertz CT molecular complexity index is 306. The molecule has 1 rings (SSSR count). The molecule has 0 aliphatic rings. The minimum Gasteiger partial charge on any atom is -0.261 e. The third-order valence-corrected chi connectivity index (χ3v) is 1.31. The van der Waals surface area contributed by atoms with Crippen molar-refractivity contribution in [2.24, 2.45) is 5.11 Å². The van der Waals surface area contributed by atoms with Gasteiger partial charge in [-0.25, -0.2) is 4.39 Å². The fourth-order valence-corrected chi connectivity index (χ4v) is 0.795. The Hall–Kier alpha value is -1.61. The van der Waals surface area contributed by atoms with Gasteiger partial charge in [0.05, 0.1) is 0 Å². The molecule has 0 saturated heterocycles. The van der Waals surface area contributed by atoms with E-state index in [-0.39, 0.29) is 5.82 Å². The van der Waals surface area contributed by atoms with E-state index in [1.54, 1.807) is 0 Å². The fourth-order valence-electron chi connectivity index (χ4n) is 0.795. The molecule has 0 aromatic carbocycles. The van der Waals surface area contributed by atoms with Crippen molar-refractivity contribution in [1.29, 1.82) is 0 Å². The van der Waals surface area contributed by atoms with Crippen LogP contribution in [0, 0.1) is 5.82 Å². The molecular weight excluding hydrogens is 159 g/mol. The Morgan fingerprint density at radius 3 is 3.17 bits per heavy atom. The quantitative estimate of drug-likeness (QED) is 0.385. The predicted molar refractivity (Wildman–Crippen MR) is 41.9 cm³/mol. The second-order valence-corrected chi connectivity index (χ2v) is 2.17. The summed E-state index contributed by atoms with van der Waals surface area (Å²) in [5.74, 6) is -0.319. The highest BCUT2D eigenvalue weighted by molar-refractivity contribution is 5.06. The lowest BCUT2D eigenvalue weighted by molar-refractivity contribution is 0.621. The molecule has 4 nitrogen and oxygen atoms in total. The summed E-state index contributed by atoms with van der Waals surface area (Å²) in [6.07, 6.45) is 1.86. The van der Waals surface area contributed by atoms with Crippen molar-refractivity contribution in [2.75, 3.05) is 6.54 Å². The van der Waals surface area contributed by atoms with Crippen LogP contribution in [0.25, 0.3) is 10.4 Å². The molecule has 0 saturated carbocycles. The maximum Gasteiger partial charge on any atom is 0.126 e. The minimum absolute atomic E-state index is 0.312. The minimum atomic E-state index is -0.319. The van der Waals surface area contributed by atoms with Crippen LogP contribution in [0.2, 0.25) is 0 Å². The zero-order valence-electron chi connectivity index (χ0n) is 6.31. The summed E-state index contributed by atoms with van der Waals surface area (Å²) in [5, 5.41) is 3.31. The highest BCUT2D eigenvalue weighted by Crippen LogP contribution is 2.00. The van der Waals surface area contributed by atoms with E-state index in [9.17, 15) is 4.39 Å². The third-order valence-electron chi connectivity index (χ3n) is 1.31. The molecule has 0 amide bonds. The van der Waals surface area contributed by atoms with Gasteiger partial charge in [-0.1, -0.05) is 5.11 Å². The van der Waals surface area contributed by atoms with E-state index in [0.717, 1.165) is 0 Å². The summed E-state index contributed by atoms with van der Waals surface area (Å²) >= 11 is 0. The second kappa shape index (κ2) is 4.31. The lowest BCUT2D eigenvalue weighted by Gasteiger charge is -1.95. The third kappa shape index (κ3) is 2.56. The molecule has 0 unspecified atom stereocenters. The van der Waals surface area contributed by atoms with Gasteiger partial charge in [-0.05, 0) is 24.1 Å². The van der Waals surface area contributed by atoms with Gasteiger partial charge in [-0.2, -0.15) is 0 Å². The zero-order chi connectivity index (χ0) is 8.81. The van der Waals surface area contributed by atoms with Gasteiger partial charge in [0.1, 0.15) is 5.82 Å². The molecule has 12 heavy (non-hydrogen) atoms. The Labute approximate surface area is 68.7 Å². The molecule has 1 aromatic rings. The van der Waals surface area contributed by atoms with E-state index in [0.29, 0.717) is 18.7 Å². The first-order chi connectivity index (χ1) is 5.83. The zero-order valence-corrected chi connectivity index (χ0v) is 6.31. The van der Waals surface area contributed by atoms with Gasteiger partial charge in [-0.3, -0.25) is 4.98 Å². The number of aromatic nitrogens is 1. The van der Waals surface area contributed by atoms with E-state index in [1.807, 2.05) is 0 Å². The van der Waals surface area contributed by atoms with Crippen molar-refractivity contribution in [1.82, 2.24) is 4.98 Å². The molecule has 0 N–H and O–H groups in total. The number of halogens is 1. The first-order valence-corrected chi connectivity index (χ1v) is 3.44. The molecule has 1 heterocycles. The van der Waals surface area contributed by atoms with Crippen LogP contribution in [0.3, 0.4) is 0 Å². The van der Waals surface area contributed by atoms with Crippen molar-refractivity contribution in [3.63, 3.8) is 0 Å².